The number of aliphatic carboxylic acids is 2. The van der Waals surface area contributed by atoms with Crippen LogP contribution in [0.1, 0.15) is 112 Å². The molecule has 320 valence electrons. The molecule has 0 aliphatic heterocycles. The minimum atomic E-state index is -3.73. The maximum absolute atomic E-state index is 13.0. The van der Waals surface area contributed by atoms with Crippen molar-refractivity contribution in [2.75, 3.05) is 66.0 Å². The van der Waals surface area contributed by atoms with Crippen LogP contribution in [0, 0.1) is 0 Å². The molecule has 57 heavy (non-hydrogen) atoms. The molecule has 0 saturated heterocycles. The fraction of sp³-hybridized carbons (Fsp3) is 0.650. The number of ether oxygens (including phenoxy) is 5. The monoisotopic (exact) mass is 823 g/mol. The fourth-order valence-corrected chi connectivity index (χ4v) is 6.65. The van der Waals surface area contributed by atoms with Gasteiger partial charge in [0.15, 0.2) is 15.6 Å². The zero-order valence-electron chi connectivity index (χ0n) is 33.0. The number of carbonyl (C=O) groups excluding carboxylic acids is 2. The SMILES string of the molecule is O=C(O)CCCCCCCCCCCCCCOc1ccc(S(=O)(=O)Cc2ncc(C(=O)NCCOCCOCC(=O)CCCOCCOCC(=O)O)cn2)cc1. The van der Waals surface area contributed by atoms with E-state index in [0.717, 1.165) is 38.5 Å². The van der Waals surface area contributed by atoms with Gasteiger partial charge >= 0.3 is 11.9 Å². The van der Waals surface area contributed by atoms with Gasteiger partial charge in [0.05, 0.1) is 50.1 Å². The highest BCUT2D eigenvalue weighted by Crippen LogP contribution is 2.20. The van der Waals surface area contributed by atoms with Gasteiger partial charge in [-0.05, 0) is 43.5 Å². The van der Waals surface area contributed by atoms with Gasteiger partial charge in [-0.2, -0.15) is 0 Å². The van der Waals surface area contributed by atoms with Gasteiger partial charge in [0.1, 0.15) is 30.5 Å². The summed E-state index contributed by atoms with van der Waals surface area (Å²) in [4.78, 5) is 53.4. The molecule has 1 heterocycles. The van der Waals surface area contributed by atoms with Crippen LogP contribution in [-0.2, 0) is 48.9 Å². The first kappa shape index (κ1) is 49.1. The van der Waals surface area contributed by atoms with Crippen LogP contribution in [0.3, 0.4) is 0 Å². The zero-order chi connectivity index (χ0) is 41.4. The third-order valence-electron chi connectivity index (χ3n) is 8.53. The topological polar surface area (TPSA) is 227 Å². The third kappa shape index (κ3) is 25.8. The number of nitrogens with one attached hydrogen (secondary N) is 1. The van der Waals surface area contributed by atoms with E-state index in [0.29, 0.717) is 31.8 Å². The van der Waals surface area contributed by atoms with Crippen molar-refractivity contribution in [3.8, 4) is 5.75 Å². The Hall–Kier alpha value is -4.03. The lowest BCUT2D eigenvalue weighted by molar-refractivity contribution is -0.143. The first-order chi connectivity index (χ1) is 27.6. The quantitative estimate of drug-likeness (QED) is 0.0743. The Balaban J connectivity index is 1.50. The molecule has 0 radical (unpaired) electrons. The smallest absolute Gasteiger partial charge is 0.329 e. The summed E-state index contributed by atoms with van der Waals surface area (Å²) in [5, 5.41) is 19.8. The number of hydrogen-bond acceptors (Lipinski definition) is 13. The van der Waals surface area contributed by atoms with Crippen LogP contribution in [0.4, 0.5) is 0 Å². The summed E-state index contributed by atoms with van der Waals surface area (Å²) in [6, 6.07) is 6.29. The van der Waals surface area contributed by atoms with Gasteiger partial charge in [-0.25, -0.2) is 23.2 Å². The molecule has 1 aromatic carbocycles. The molecule has 0 saturated carbocycles. The minimum absolute atomic E-state index is 0.0492. The van der Waals surface area contributed by atoms with E-state index >= 15 is 0 Å². The fourth-order valence-electron chi connectivity index (χ4n) is 5.45. The molecule has 1 aromatic heterocycles. The predicted molar refractivity (Wildman–Crippen MR) is 210 cm³/mol. The molecular weight excluding hydrogens is 763 g/mol. The van der Waals surface area contributed by atoms with E-state index in [1.165, 1.54) is 63.1 Å². The second-order valence-electron chi connectivity index (χ2n) is 13.5. The highest BCUT2D eigenvalue weighted by Gasteiger charge is 2.18. The summed E-state index contributed by atoms with van der Waals surface area (Å²) < 4.78 is 52.6. The van der Waals surface area contributed by atoms with Crippen LogP contribution in [0.2, 0.25) is 0 Å². The van der Waals surface area contributed by atoms with E-state index in [1.807, 2.05) is 0 Å². The Bertz CT molecular complexity index is 1520. The van der Waals surface area contributed by atoms with E-state index in [9.17, 15) is 27.6 Å². The summed E-state index contributed by atoms with van der Waals surface area (Å²) in [5.41, 5.74) is 0.172. The van der Waals surface area contributed by atoms with Crippen LogP contribution in [0.25, 0.3) is 0 Å². The Morgan fingerprint density at radius 3 is 1.72 bits per heavy atom. The highest BCUT2D eigenvalue weighted by molar-refractivity contribution is 7.90. The molecule has 0 atom stereocenters. The van der Waals surface area contributed by atoms with E-state index in [-0.39, 0.29) is 81.3 Å². The molecular formula is C40H61N3O13S. The molecule has 2 aromatic rings. The number of benzene rings is 1. The van der Waals surface area contributed by atoms with Gasteiger partial charge in [-0.15, -0.1) is 0 Å². The number of Topliss-reactive ketones (excluding diaryl/α,β-unsaturated/α-hetero) is 1. The van der Waals surface area contributed by atoms with Gasteiger partial charge in [-0.3, -0.25) is 14.4 Å². The largest absolute Gasteiger partial charge is 0.494 e. The molecule has 0 bridgehead atoms. The number of carboxylic acid groups (broad SMARTS) is 2. The van der Waals surface area contributed by atoms with Crippen LogP contribution >= 0.6 is 0 Å². The highest BCUT2D eigenvalue weighted by atomic mass is 32.2. The number of hydrogen-bond donors (Lipinski definition) is 3. The van der Waals surface area contributed by atoms with E-state index in [4.69, 9.17) is 33.9 Å². The summed E-state index contributed by atoms with van der Waals surface area (Å²) in [5.74, 6) is -2.03. The van der Waals surface area contributed by atoms with Crippen LogP contribution in [0.15, 0.2) is 41.6 Å². The first-order valence-corrected chi connectivity index (χ1v) is 21.5. The molecule has 0 unspecified atom stereocenters. The van der Waals surface area contributed by atoms with Crippen molar-refractivity contribution in [3.05, 3.63) is 48.0 Å². The second kappa shape index (κ2) is 31.0. The minimum Gasteiger partial charge on any atom is -0.494 e. The summed E-state index contributed by atoms with van der Waals surface area (Å²) >= 11 is 0. The van der Waals surface area contributed by atoms with Crippen molar-refractivity contribution in [3.63, 3.8) is 0 Å². The molecule has 2 rings (SSSR count). The number of sulfone groups is 1. The van der Waals surface area contributed by atoms with Crippen LogP contribution < -0.4 is 10.1 Å². The molecule has 0 spiro atoms. The number of carbonyl (C=O) groups is 4. The maximum atomic E-state index is 13.0. The first-order valence-electron chi connectivity index (χ1n) is 19.9. The lowest BCUT2D eigenvalue weighted by atomic mass is 10.0. The van der Waals surface area contributed by atoms with Crippen molar-refractivity contribution in [1.29, 1.82) is 0 Å². The molecule has 0 fully saturated rings. The third-order valence-corrected chi connectivity index (χ3v) is 10.2. The molecule has 17 heteroatoms. The normalized spacial score (nSPS) is 11.4. The van der Waals surface area contributed by atoms with Gasteiger partial charge in [0.2, 0.25) is 0 Å². The average Bonchev–Trinajstić information content (AvgIpc) is 3.18. The molecule has 1 amide bonds. The van der Waals surface area contributed by atoms with E-state index in [1.54, 1.807) is 12.1 Å². The Morgan fingerprint density at radius 2 is 1.12 bits per heavy atom. The number of rotatable bonds is 37. The zero-order valence-corrected chi connectivity index (χ0v) is 33.9. The lowest BCUT2D eigenvalue weighted by Crippen LogP contribution is -2.28. The maximum Gasteiger partial charge on any atom is 0.329 e. The van der Waals surface area contributed by atoms with Crippen molar-refractivity contribution < 1.29 is 61.5 Å². The lowest BCUT2D eigenvalue weighted by Gasteiger charge is -2.09. The number of unbranched alkanes of at least 4 members (excludes halogenated alkanes) is 11. The Labute approximate surface area is 336 Å². The number of ketones is 1. The average molecular weight is 824 g/mol. The van der Waals surface area contributed by atoms with Crippen molar-refractivity contribution in [2.45, 2.75) is 107 Å². The van der Waals surface area contributed by atoms with Crippen molar-refractivity contribution in [1.82, 2.24) is 15.3 Å². The van der Waals surface area contributed by atoms with Gasteiger partial charge in [0.25, 0.3) is 5.91 Å². The molecule has 3 N–H and O–H groups in total. The summed E-state index contributed by atoms with van der Waals surface area (Å²) in [6.45, 7) is 1.77. The van der Waals surface area contributed by atoms with Gasteiger partial charge in [0, 0.05) is 38.4 Å². The number of nitrogens with zero attached hydrogens (tertiary/aromatic N) is 2. The van der Waals surface area contributed by atoms with Crippen LogP contribution in [-0.4, -0.2) is 118 Å². The molecule has 16 nitrogen and oxygen atoms in total. The van der Waals surface area contributed by atoms with Crippen molar-refractivity contribution in [2.24, 2.45) is 0 Å². The summed E-state index contributed by atoms with van der Waals surface area (Å²) in [6.07, 6.45) is 17.0. The number of carboxylic acids is 2. The molecule has 0 aliphatic rings. The predicted octanol–water partition coefficient (Wildman–Crippen LogP) is 5.22. The number of amides is 1. The van der Waals surface area contributed by atoms with Gasteiger partial charge in [-0.1, -0.05) is 64.2 Å². The number of aromatic nitrogens is 2. The Kier molecular flexibility index (Phi) is 26.7. The van der Waals surface area contributed by atoms with Crippen molar-refractivity contribution >= 4 is 33.5 Å². The van der Waals surface area contributed by atoms with E-state index < -0.39 is 33.4 Å². The molecule has 0 aliphatic carbocycles. The Morgan fingerprint density at radius 1 is 0.579 bits per heavy atom. The second-order valence-corrected chi connectivity index (χ2v) is 15.5. The van der Waals surface area contributed by atoms with E-state index in [2.05, 4.69) is 15.3 Å². The van der Waals surface area contributed by atoms with Gasteiger partial charge < -0.3 is 39.2 Å². The summed E-state index contributed by atoms with van der Waals surface area (Å²) in [7, 11) is -3.73. The van der Waals surface area contributed by atoms with Crippen LogP contribution in [0.5, 0.6) is 5.75 Å². The standard InChI is InChI=1S/C40H61N3O13S/c44-34(14-13-21-52-24-27-55-31-39(47)48)30-54-26-25-53-23-20-41-40(49)33-28-42-37(43-29-33)32-57(50,51)36-18-16-35(17-19-36)56-22-12-10-8-6-4-2-1-3-5-7-9-11-15-38(45)46/h16-19,28-29H,1-15,20-27,30-32H2,(H,41,49)(H,45,46)(H,47,48).